The Morgan fingerprint density at radius 2 is 2.07 bits per heavy atom. The molecule has 1 aliphatic heterocycles. The Kier molecular flexibility index (Phi) is 1.54. The van der Waals surface area contributed by atoms with E-state index in [1.807, 2.05) is 0 Å². The molecule has 1 saturated carbocycles. The zero-order chi connectivity index (χ0) is 9.71. The number of nitrogens with two attached hydrogens (primary N) is 2. The van der Waals surface area contributed by atoms with E-state index in [-0.39, 0.29) is 0 Å². The molecule has 14 heavy (non-hydrogen) atoms. The molecule has 3 rings (SSSR count). The molecular weight excluding hydrogens is 176 g/mol. The largest absolute Gasteiger partial charge is 0.394 e. The average Bonchev–Trinajstić information content (AvgIpc) is 2.73. The van der Waals surface area contributed by atoms with Crippen molar-refractivity contribution < 1.29 is 0 Å². The third-order valence-corrected chi connectivity index (χ3v) is 3.76. The number of hydrogen-bond acceptors (Lipinski definition) is 3. The molecule has 0 saturated heterocycles. The Balaban J connectivity index is 2.09. The van der Waals surface area contributed by atoms with E-state index in [9.17, 15) is 0 Å². The molecule has 4 N–H and O–H groups in total. The van der Waals surface area contributed by atoms with E-state index >= 15 is 0 Å². The highest BCUT2D eigenvalue weighted by atomic mass is 15.3. The van der Waals surface area contributed by atoms with Gasteiger partial charge < -0.3 is 11.5 Å². The van der Waals surface area contributed by atoms with Gasteiger partial charge in [0, 0.05) is 0 Å². The standard InChI is InChI=1S/C10H16N4/c11-9-8-5-4-6-2-1-3-7(6)14(8)13-10(9)12/h6-7H,1-5,11H2,(H2,12,13). The van der Waals surface area contributed by atoms with Gasteiger partial charge in [-0.3, -0.25) is 4.68 Å². The number of rotatable bonds is 0. The zero-order valence-corrected chi connectivity index (χ0v) is 8.24. The first-order chi connectivity index (χ1) is 6.77. The molecular formula is C10H16N4. The second-order valence-corrected chi connectivity index (χ2v) is 4.49. The third kappa shape index (κ3) is 0.910. The molecule has 2 heterocycles. The maximum Gasteiger partial charge on any atom is 0.169 e. The van der Waals surface area contributed by atoms with Crippen LogP contribution in [0, 0.1) is 5.92 Å². The van der Waals surface area contributed by atoms with E-state index in [1.54, 1.807) is 0 Å². The van der Waals surface area contributed by atoms with E-state index < -0.39 is 0 Å². The number of anilines is 2. The summed E-state index contributed by atoms with van der Waals surface area (Å²) < 4.78 is 2.10. The van der Waals surface area contributed by atoms with Crippen molar-refractivity contribution in [3.05, 3.63) is 5.69 Å². The lowest BCUT2D eigenvalue weighted by molar-refractivity contribution is 0.292. The Bertz CT molecular complexity index is 368. The van der Waals surface area contributed by atoms with Gasteiger partial charge >= 0.3 is 0 Å². The molecule has 1 fully saturated rings. The monoisotopic (exact) mass is 192 g/mol. The summed E-state index contributed by atoms with van der Waals surface area (Å²) in [6.07, 6.45) is 6.24. The van der Waals surface area contributed by atoms with Gasteiger partial charge in [0.2, 0.25) is 0 Å². The van der Waals surface area contributed by atoms with Crippen molar-refractivity contribution in [2.45, 2.75) is 38.1 Å². The molecule has 4 nitrogen and oxygen atoms in total. The highest BCUT2D eigenvalue weighted by Crippen LogP contribution is 2.44. The second-order valence-electron chi connectivity index (χ2n) is 4.49. The molecule has 4 heteroatoms. The van der Waals surface area contributed by atoms with Gasteiger partial charge in [-0.05, 0) is 31.6 Å². The molecule has 76 valence electrons. The lowest BCUT2D eigenvalue weighted by Crippen LogP contribution is -2.23. The van der Waals surface area contributed by atoms with E-state index in [1.165, 1.54) is 31.4 Å². The summed E-state index contributed by atoms with van der Waals surface area (Å²) in [5.74, 6) is 1.34. The van der Waals surface area contributed by atoms with Crippen molar-refractivity contribution in [1.82, 2.24) is 9.78 Å². The molecule has 2 unspecified atom stereocenters. The average molecular weight is 192 g/mol. The Labute approximate surface area is 83.3 Å². The normalized spacial score (nSPS) is 30.0. The van der Waals surface area contributed by atoms with Crippen LogP contribution in [0.15, 0.2) is 0 Å². The van der Waals surface area contributed by atoms with Crippen LogP contribution in [0.25, 0.3) is 0 Å². The van der Waals surface area contributed by atoms with Crippen LogP contribution in [-0.4, -0.2) is 9.78 Å². The van der Waals surface area contributed by atoms with Crippen LogP contribution in [0.4, 0.5) is 11.5 Å². The first kappa shape index (κ1) is 8.15. The van der Waals surface area contributed by atoms with E-state index in [4.69, 9.17) is 11.5 Å². The van der Waals surface area contributed by atoms with Gasteiger partial charge in [-0.1, -0.05) is 6.42 Å². The SMILES string of the molecule is Nc1nn2c(c1N)CCC1CCCC12. The smallest absolute Gasteiger partial charge is 0.169 e. The maximum atomic E-state index is 5.90. The molecule has 2 atom stereocenters. The van der Waals surface area contributed by atoms with Crippen molar-refractivity contribution in [2.24, 2.45) is 5.92 Å². The number of nitrogen functional groups attached to an aromatic ring is 2. The summed E-state index contributed by atoms with van der Waals surface area (Å²) in [5, 5.41) is 4.36. The van der Waals surface area contributed by atoms with Crippen LogP contribution in [0.5, 0.6) is 0 Å². The van der Waals surface area contributed by atoms with Gasteiger partial charge in [-0.2, -0.15) is 5.10 Å². The molecule has 0 bridgehead atoms. The fourth-order valence-corrected chi connectivity index (χ4v) is 3.02. The van der Waals surface area contributed by atoms with Crippen molar-refractivity contribution in [2.75, 3.05) is 11.5 Å². The number of aromatic nitrogens is 2. The van der Waals surface area contributed by atoms with E-state index in [0.29, 0.717) is 11.9 Å². The van der Waals surface area contributed by atoms with Gasteiger partial charge in [0.1, 0.15) is 0 Å². The van der Waals surface area contributed by atoms with Crippen LogP contribution in [0.1, 0.15) is 37.4 Å². The van der Waals surface area contributed by atoms with E-state index in [2.05, 4.69) is 9.78 Å². The van der Waals surface area contributed by atoms with Gasteiger partial charge in [0.15, 0.2) is 5.82 Å². The molecule has 0 aromatic carbocycles. The lowest BCUT2D eigenvalue weighted by atomic mass is 9.92. The summed E-state index contributed by atoms with van der Waals surface area (Å²) >= 11 is 0. The minimum absolute atomic E-state index is 0.521. The molecule has 1 aromatic rings. The number of fused-ring (bicyclic) bond motifs is 3. The minimum Gasteiger partial charge on any atom is -0.394 e. The molecule has 0 amide bonds. The number of nitrogens with zero attached hydrogens (tertiary/aromatic N) is 2. The van der Waals surface area contributed by atoms with Gasteiger partial charge in [0.05, 0.1) is 17.4 Å². The summed E-state index contributed by atoms with van der Waals surface area (Å²) in [4.78, 5) is 0. The summed E-state index contributed by atoms with van der Waals surface area (Å²) in [6.45, 7) is 0. The Morgan fingerprint density at radius 3 is 2.93 bits per heavy atom. The Hall–Kier alpha value is -1.19. The van der Waals surface area contributed by atoms with Crippen LogP contribution >= 0.6 is 0 Å². The number of hydrogen-bond donors (Lipinski definition) is 2. The quantitative estimate of drug-likeness (QED) is 0.651. The topological polar surface area (TPSA) is 69.9 Å². The van der Waals surface area contributed by atoms with Gasteiger partial charge in [-0.25, -0.2) is 0 Å². The molecule has 1 aliphatic carbocycles. The first-order valence-corrected chi connectivity index (χ1v) is 5.39. The molecule has 1 aromatic heterocycles. The third-order valence-electron chi connectivity index (χ3n) is 3.76. The van der Waals surface area contributed by atoms with Crippen LogP contribution in [-0.2, 0) is 6.42 Å². The fourth-order valence-electron chi connectivity index (χ4n) is 3.02. The van der Waals surface area contributed by atoms with Crippen molar-refractivity contribution >= 4 is 11.5 Å². The van der Waals surface area contributed by atoms with Crippen LogP contribution in [0.3, 0.4) is 0 Å². The van der Waals surface area contributed by atoms with E-state index in [0.717, 1.165) is 18.0 Å². The van der Waals surface area contributed by atoms with Crippen molar-refractivity contribution in [1.29, 1.82) is 0 Å². The van der Waals surface area contributed by atoms with Gasteiger partial charge in [0.25, 0.3) is 0 Å². The molecule has 0 spiro atoms. The first-order valence-electron chi connectivity index (χ1n) is 5.39. The summed E-state index contributed by atoms with van der Waals surface area (Å²) in [7, 11) is 0. The summed E-state index contributed by atoms with van der Waals surface area (Å²) in [5.41, 5.74) is 13.5. The zero-order valence-electron chi connectivity index (χ0n) is 8.24. The predicted octanol–water partition coefficient (Wildman–Crippen LogP) is 1.33. The predicted molar refractivity (Wildman–Crippen MR) is 55.8 cm³/mol. The highest BCUT2D eigenvalue weighted by Gasteiger charge is 2.35. The lowest BCUT2D eigenvalue weighted by Gasteiger charge is -2.27. The molecule has 0 radical (unpaired) electrons. The van der Waals surface area contributed by atoms with Crippen LogP contribution in [0.2, 0.25) is 0 Å². The second kappa shape index (κ2) is 2.65. The molecule has 2 aliphatic rings. The Morgan fingerprint density at radius 1 is 1.21 bits per heavy atom. The van der Waals surface area contributed by atoms with Gasteiger partial charge in [-0.15, -0.1) is 0 Å². The van der Waals surface area contributed by atoms with Crippen LogP contribution < -0.4 is 11.5 Å². The highest BCUT2D eigenvalue weighted by molar-refractivity contribution is 5.62. The maximum absolute atomic E-state index is 5.90. The van der Waals surface area contributed by atoms with Crippen molar-refractivity contribution in [3.8, 4) is 0 Å². The van der Waals surface area contributed by atoms with Crippen molar-refractivity contribution in [3.63, 3.8) is 0 Å². The minimum atomic E-state index is 0.521. The fraction of sp³-hybridized carbons (Fsp3) is 0.700. The summed E-state index contributed by atoms with van der Waals surface area (Å²) in [6, 6.07) is 0.582.